The van der Waals surface area contributed by atoms with Gasteiger partial charge in [0.05, 0.1) is 10.9 Å². The zero-order valence-electron chi connectivity index (χ0n) is 12.8. The van der Waals surface area contributed by atoms with Gasteiger partial charge in [-0.3, -0.25) is 13.8 Å². The number of halogens is 1. The smallest absolute Gasteiger partial charge is 0.262 e. The summed E-state index contributed by atoms with van der Waals surface area (Å²) >= 11 is 0. The Morgan fingerprint density at radius 2 is 1.83 bits per heavy atom. The number of aryl methyl sites for hydroxylation is 1. The zero-order valence-corrected chi connectivity index (χ0v) is 12.8. The number of hydrogen-bond donors (Lipinski definition) is 0. The minimum Gasteiger partial charge on any atom is -0.483 e. The molecule has 0 aliphatic carbocycles. The number of ether oxygens (including phenoxy) is 1. The van der Waals surface area contributed by atoms with E-state index in [2.05, 4.69) is 10.2 Å². The molecule has 0 saturated heterocycles. The summed E-state index contributed by atoms with van der Waals surface area (Å²) in [6, 6.07) is 13.4. The number of nitrogens with zero attached hydrogens (tertiary/aromatic N) is 4. The van der Waals surface area contributed by atoms with Crippen LogP contribution in [0.3, 0.4) is 0 Å². The van der Waals surface area contributed by atoms with Crippen molar-refractivity contribution in [3.63, 3.8) is 0 Å². The van der Waals surface area contributed by atoms with Crippen molar-refractivity contribution in [1.29, 1.82) is 0 Å². The van der Waals surface area contributed by atoms with E-state index in [4.69, 9.17) is 4.74 Å². The second-order valence-corrected chi connectivity index (χ2v) is 5.35. The Kier molecular flexibility index (Phi) is 3.26. The van der Waals surface area contributed by atoms with Gasteiger partial charge in [0.25, 0.3) is 5.56 Å². The summed E-state index contributed by atoms with van der Waals surface area (Å²) in [5, 5.41) is 8.72. The number of aromatic nitrogens is 4. The molecule has 0 spiro atoms. The Balaban J connectivity index is 1.85. The van der Waals surface area contributed by atoms with Crippen LogP contribution in [-0.2, 0) is 13.7 Å². The average molecular weight is 324 g/mol. The molecule has 2 aromatic heterocycles. The molecule has 0 bridgehead atoms. The molecule has 7 heteroatoms. The average Bonchev–Trinajstić information content (AvgIpc) is 3.03. The topological polar surface area (TPSA) is 61.4 Å². The largest absolute Gasteiger partial charge is 0.483 e. The van der Waals surface area contributed by atoms with Gasteiger partial charge in [-0.05, 0) is 24.3 Å². The van der Waals surface area contributed by atoms with Gasteiger partial charge in [-0.25, -0.2) is 4.39 Å². The summed E-state index contributed by atoms with van der Waals surface area (Å²) in [6.07, 6.45) is 0. The van der Waals surface area contributed by atoms with Gasteiger partial charge in [0.15, 0.2) is 17.4 Å². The van der Waals surface area contributed by atoms with Gasteiger partial charge in [-0.15, -0.1) is 10.2 Å². The fourth-order valence-corrected chi connectivity index (χ4v) is 2.69. The second-order valence-electron chi connectivity index (χ2n) is 5.35. The van der Waals surface area contributed by atoms with E-state index >= 15 is 0 Å². The molecule has 2 aromatic carbocycles. The van der Waals surface area contributed by atoms with Crippen LogP contribution < -0.4 is 10.3 Å². The number of para-hydroxylation sites is 2. The zero-order chi connectivity index (χ0) is 16.7. The fourth-order valence-electron chi connectivity index (χ4n) is 2.69. The standard InChI is InChI=1S/C17H13FN4O2/c1-21-16(23)11-6-2-4-8-13(11)22-15(19-20-17(21)22)10-24-14-9-5-3-7-12(14)18/h2-9H,10H2,1H3. The molecular formula is C17H13FN4O2. The molecule has 0 atom stereocenters. The first-order valence-electron chi connectivity index (χ1n) is 7.36. The van der Waals surface area contributed by atoms with Crippen molar-refractivity contribution in [2.24, 2.45) is 7.05 Å². The minimum absolute atomic E-state index is 0.0320. The van der Waals surface area contributed by atoms with Gasteiger partial charge in [0.1, 0.15) is 6.61 Å². The number of fused-ring (bicyclic) bond motifs is 3. The molecule has 0 N–H and O–H groups in total. The first-order chi connectivity index (χ1) is 11.7. The van der Waals surface area contributed by atoms with E-state index in [1.807, 2.05) is 12.1 Å². The van der Waals surface area contributed by atoms with E-state index in [9.17, 15) is 9.18 Å². The van der Waals surface area contributed by atoms with Gasteiger partial charge >= 0.3 is 0 Å². The highest BCUT2D eigenvalue weighted by molar-refractivity contribution is 5.80. The molecule has 0 amide bonds. The van der Waals surface area contributed by atoms with E-state index in [-0.39, 0.29) is 17.9 Å². The number of hydrogen-bond acceptors (Lipinski definition) is 4. The lowest BCUT2D eigenvalue weighted by Crippen LogP contribution is -2.20. The summed E-state index contributed by atoms with van der Waals surface area (Å²) in [7, 11) is 1.64. The van der Waals surface area contributed by atoms with Crippen LogP contribution in [0, 0.1) is 5.82 Å². The number of rotatable bonds is 3. The Labute approximate surface area is 135 Å². The lowest BCUT2D eigenvalue weighted by atomic mass is 10.2. The Bertz CT molecular complexity index is 1120. The van der Waals surface area contributed by atoms with Crippen LogP contribution in [0.25, 0.3) is 16.7 Å². The quantitative estimate of drug-likeness (QED) is 0.580. The first-order valence-corrected chi connectivity index (χ1v) is 7.36. The van der Waals surface area contributed by atoms with Gasteiger partial charge in [-0.1, -0.05) is 24.3 Å². The van der Waals surface area contributed by atoms with Gasteiger partial charge in [0, 0.05) is 7.05 Å². The third kappa shape index (κ3) is 2.13. The van der Waals surface area contributed by atoms with Crippen molar-refractivity contribution in [3.8, 4) is 5.75 Å². The van der Waals surface area contributed by atoms with Gasteiger partial charge < -0.3 is 4.74 Å². The lowest BCUT2D eigenvalue weighted by molar-refractivity contribution is 0.280. The lowest BCUT2D eigenvalue weighted by Gasteiger charge is -2.09. The monoisotopic (exact) mass is 324 g/mol. The molecule has 0 saturated carbocycles. The van der Waals surface area contributed by atoms with Crippen molar-refractivity contribution >= 4 is 16.7 Å². The van der Waals surface area contributed by atoms with E-state index in [0.29, 0.717) is 22.5 Å². The van der Waals surface area contributed by atoms with Crippen molar-refractivity contribution in [2.75, 3.05) is 0 Å². The summed E-state index contributed by atoms with van der Waals surface area (Å²) in [5.41, 5.74) is 0.541. The highest BCUT2D eigenvalue weighted by atomic mass is 19.1. The molecule has 0 unspecified atom stereocenters. The highest BCUT2D eigenvalue weighted by Gasteiger charge is 2.15. The van der Waals surface area contributed by atoms with Crippen molar-refractivity contribution in [1.82, 2.24) is 19.2 Å². The maximum atomic E-state index is 13.7. The molecule has 24 heavy (non-hydrogen) atoms. The van der Waals surface area contributed by atoms with E-state index in [1.54, 1.807) is 41.8 Å². The molecule has 0 fully saturated rings. The van der Waals surface area contributed by atoms with Crippen LogP contribution >= 0.6 is 0 Å². The van der Waals surface area contributed by atoms with Crippen molar-refractivity contribution in [2.45, 2.75) is 6.61 Å². The normalized spacial score (nSPS) is 11.2. The van der Waals surface area contributed by atoms with Crippen LogP contribution in [0.5, 0.6) is 5.75 Å². The molecular weight excluding hydrogens is 311 g/mol. The summed E-state index contributed by atoms with van der Waals surface area (Å²) in [6.45, 7) is 0.0320. The summed E-state index contributed by atoms with van der Waals surface area (Å²) in [4.78, 5) is 12.4. The van der Waals surface area contributed by atoms with Gasteiger partial charge in [-0.2, -0.15) is 0 Å². The predicted molar refractivity (Wildman–Crippen MR) is 86.5 cm³/mol. The van der Waals surface area contributed by atoms with Gasteiger partial charge in [0.2, 0.25) is 5.78 Å². The van der Waals surface area contributed by atoms with E-state index < -0.39 is 5.82 Å². The maximum absolute atomic E-state index is 13.7. The predicted octanol–water partition coefficient (Wildman–Crippen LogP) is 2.30. The van der Waals surface area contributed by atoms with E-state index in [1.165, 1.54) is 10.6 Å². The molecule has 120 valence electrons. The maximum Gasteiger partial charge on any atom is 0.262 e. The Morgan fingerprint density at radius 3 is 2.67 bits per heavy atom. The molecule has 4 rings (SSSR count). The fraction of sp³-hybridized carbons (Fsp3) is 0.118. The van der Waals surface area contributed by atoms with Crippen molar-refractivity contribution in [3.05, 3.63) is 70.5 Å². The molecule has 0 aliphatic heterocycles. The SMILES string of the molecule is Cn1c(=O)c2ccccc2n2c(COc3ccccc3F)nnc12. The molecule has 2 heterocycles. The highest BCUT2D eigenvalue weighted by Crippen LogP contribution is 2.18. The Hall–Kier alpha value is -3.22. The molecule has 0 radical (unpaired) electrons. The molecule has 0 aliphatic rings. The van der Waals surface area contributed by atoms with Crippen LogP contribution in [0.15, 0.2) is 53.3 Å². The van der Waals surface area contributed by atoms with Crippen molar-refractivity contribution < 1.29 is 9.13 Å². The van der Waals surface area contributed by atoms with Crippen LogP contribution in [-0.4, -0.2) is 19.2 Å². The summed E-state index contributed by atoms with van der Waals surface area (Å²) < 4.78 is 22.4. The van der Waals surface area contributed by atoms with E-state index in [0.717, 1.165) is 0 Å². The van der Waals surface area contributed by atoms with Crippen LogP contribution in [0.2, 0.25) is 0 Å². The second kappa shape index (κ2) is 5.45. The third-order valence-electron chi connectivity index (χ3n) is 3.89. The summed E-state index contributed by atoms with van der Waals surface area (Å²) in [5.74, 6) is 0.595. The van der Waals surface area contributed by atoms with Crippen LogP contribution in [0.4, 0.5) is 4.39 Å². The minimum atomic E-state index is -0.441. The first kappa shape index (κ1) is 14.4. The third-order valence-corrected chi connectivity index (χ3v) is 3.89. The van der Waals surface area contributed by atoms with Crippen LogP contribution in [0.1, 0.15) is 5.82 Å². The molecule has 6 nitrogen and oxygen atoms in total. The molecule has 4 aromatic rings. The Morgan fingerprint density at radius 1 is 1.08 bits per heavy atom. The number of benzene rings is 2.